The van der Waals surface area contributed by atoms with Crippen molar-refractivity contribution in [3.8, 4) is 34.3 Å². The predicted molar refractivity (Wildman–Crippen MR) is 83.3 cm³/mol. The summed E-state index contributed by atoms with van der Waals surface area (Å²) in [4.78, 5) is 4.40. The maximum absolute atomic E-state index is 6.02. The second-order valence-corrected chi connectivity index (χ2v) is 4.93. The number of nitrogens with zero attached hydrogens (tertiary/aromatic N) is 2. The first kappa shape index (κ1) is 14.4. The minimum absolute atomic E-state index is 0.352. The van der Waals surface area contributed by atoms with Crippen LogP contribution in [0.15, 0.2) is 47.0 Å². The average molecular weight is 317 g/mol. The highest BCUT2D eigenvalue weighted by atomic mass is 35.5. The number of hydrogen-bond acceptors (Lipinski definition) is 5. The monoisotopic (exact) mass is 316 g/mol. The first-order chi connectivity index (χ1) is 10.7. The third-order valence-corrected chi connectivity index (χ3v) is 3.40. The van der Waals surface area contributed by atoms with Crippen molar-refractivity contribution >= 4 is 11.6 Å². The Morgan fingerprint density at radius 1 is 1.00 bits per heavy atom. The van der Waals surface area contributed by atoms with E-state index in [2.05, 4.69) is 10.1 Å². The highest BCUT2D eigenvalue weighted by Crippen LogP contribution is 2.32. The van der Waals surface area contributed by atoms with E-state index in [9.17, 15) is 0 Å². The Labute approximate surface area is 132 Å². The van der Waals surface area contributed by atoms with Gasteiger partial charge in [-0.15, -0.1) is 0 Å². The van der Waals surface area contributed by atoms with Crippen LogP contribution in [0.3, 0.4) is 0 Å². The lowest BCUT2D eigenvalue weighted by Crippen LogP contribution is -1.88. The van der Waals surface area contributed by atoms with E-state index in [0.717, 1.165) is 11.3 Å². The van der Waals surface area contributed by atoms with Gasteiger partial charge in [0.2, 0.25) is 5.82 Å². The van der Waals surface area contributed by atoms with E-state index < -0.39 is 0 Å². The number of rotatable bonds is 4. The molecule has 0 radical (unpaired) electrons. The van der Waals surface area contributed by atoms with Gasteiger partial charge in [0, 0.05) is 10.6 Å². The molecule has 0 amide bonds. The molecule has 0 N–H and O–H groups in total. The van der Waals surface area contributed by atoms with Crippen LogP contribution in [-0.4, -0.2) is 24.4 Å². The van der Waals surface area contributed by atoms with Crippen molar-refractivity contribution in [2.24, 2.45) is 0 Å². The molecule has 0 bridgehead atoms. The predicted octanol–water partition coefficient (Wildman–Crippen LogP) is 4.07. The highest BCUT2D eigenvalue weighted by molar-refractivity contribution is 6.30. The van der Waals surface area contributed by atoms with Crippen molar-refractivity contribution in [2.75, 3.05) is 14.2 Å². The molecule has 0 aliphatic rings. The van der Waals surface area contributed by atoms with Crippen molar-refractivity contribution in [3.63, 3.8) is 0 Å². The Morgan fingerprint density at radius 2 is 1.77 bits per heavy atom. The maximum atomic E-state index is 6.02. The topological polar surface area (TPSA) is 57.4 Å². The quantitative estimate of drug-likeness (QED) is 0.726. The van der Waals surface area contributed by atoms with Gasteiger partial charge in [-0.25, -0.2) is 0 Å². The fourth-order valence-corrected chi connectivity index (χ4v) is 2.21. The van der Waals surface area contributed by atoms with Crippen molar-refractivity contribution in [1.29, 1.82) is 0 Å². The van der Waals surface area contributed by atoms with Gasteiger partial charge in [0.05, 0.1) is 19.8 Å². The van der Waals surface area contributed by atoms with E-state index >= 15 is 0 Å². The van der Waals surface area contributed by atoms with Gasteiger partial charge < -0.3 is 14.0 Å². The third-order valence-electron chi connectivity index (χ3n) is 3.17. The van der Waals surface area contributed by atoms with E-state index in [1.165, 1.54) is 0 Å². The van der Waals surface area contributed by atoms with Crippen LogP contribution in [0.4, 0.5) is 0 Å². The second-order valence-electron chi connectivity index (χ2n) is 4.50. The molecule has 0 saturated heterocycles. The third kappa shape index (κ3) is 2.76. The molecule has 2 aromatic carbocycles. The minimum atomic E-state index is 0.352. The van der Waals surface area contributed by atoms with Gasteiger partial charge in [-0.3, -0.25) is 0 Å². The zero-order valence-electron chi connectivity index (χ0n) is 12.0. The standard InChI is InChI=1S/C16H13ClN2O3/c1-20-12-6-3-10(4-7-12)15-18-16(22-19-15)13-9-11(17)5-8-14(13)21-2/h3-9H,1-2H3. The Morgan fingerprint density at radius 3 is 2.45 bits per heavy atom. The maximum Gasteiger partial charge on any atom is 0.262 e. The molecule has 22 heavy (non-hydrogen) atoms. The Hall–Kier alpha value is -2.53. The molecule has 1 heterocycles. The summed E-state index contributed by atoms with van der Waals surface area (Å²) in [5.74, 6) is 2.23. The molecule has 112 valence electrons. The zero-order chi connectivity index (χ0) is 15.5. The molecule has 0 spiro atoms. The van der Waals surface area contributed by atoms with Crippen molar-refractivity contribution in [2.45, 2.75) is 0 Å². The van der Waals surface area contributed by atoms with Crippen molar-refractivity contribution < 1.29 is 14.0 Å². The molecule has 0 aliphatic carbocycles. The lowest BCUT2D eigenvalue weighted by molar-refractivity contribution is 0.405. The number of benzene rings is 2. The molecule has 5 nitrogen and oxygen atoms in total. The summed E-state index contributed by atoms with van der Waals surface area (Å²) in [6, 6.07) is 12.6. The molecule has 0 unspecified atom stereocenters. The Balaban J connectivity index is 1.98. The van der Waals surface area contributed by atoms with Crippen LogP contribution in [0.5, 0.6) is 11.5 Å². The van der Waals surface area contributed by atoms with Crippen LogP contribution >= 0.6 is 11.6 Å². The molecule has 0 aliphatic heterocycles. The average Bonchev–Trinajstić information content (AvgIpc) is 3.04. The first-order valence-corrected chi connectivity index (χ1v) is 6.91. The van der Waals surface area contributed by atoms with Crippen molar-refractivity contribution in [1.82, 2.24) is 10.1 Å². The summed E-state index contributed by atoms with van der Waals surface area (Å²) in [6.07, 6.45) is 0. The normalized spacial score (nSPS) is 10.5. The number of ether oxygens (including phenoxy) is 2. The van der Waals surface area contributed by atoms with E-state index in [1.807, 2.05) is 24.3 Å². The van der Waals surface area contributed by atoms with E-state index in [4.69, 9.17) is 25.6 Å². The summed E-state index contributed by atoms with van der Waals surface area (Å²) in [6.45, 7) is 0. The largest absolute Gasteiger partial charge is 0.497 e. The first-order valence-electron chi connectivity index (χ1n) is 6.53. The van der Waals surface area contributed by atoms with E-state index in [-0.39, 0.29) is 0 Å². The van der Waals surface area contributed by atoms with Gasteiger partial charge in [-0.05, 0) is 42.5 Å². The van der Waals surface area contributed by atoms with Crippen LogP contribution in [0.25, 0.3) is 22.8 Å². The van der Waals surface area contributed by atoms with Gasteiger partial charge in [0.25, 0.3) is 5.89 Å². The number of halogens is 1. The van der Waals surface area contributed by atoms with Crippen LogP contribution in [0.1, 0.15) is 0 Å². The number of aromatic nitrogens is 2. The van der Waals surface area contributed by atoms with Crippen molar-refractivity contribution in [3.05, 3.63) is 47.5 Å². The minimum Gasteiger partial charge on any atom is -0.497 e. The molecule has 0 saturated carbocycles. The summed E-state index contributed by atoms with van der Waals surface area (Å²) < 4.78 is 15.8. The molecule has 6 heteroatoms. The molecule has 0 atom stereocenters. The molecule has 0 fully saturated rings. The van der Waals surface area contributed by atoms with Crippen LogP contribution in [0, 0.1) is 0 Å². The highest BCUT2D eigenvalue weighted by Gasteiger charge is 2.15. The lowest BCUT2D eigenvalue weighted by atomic mass is 10.2. The molecular weight excluding hydrogens is 304 g/mol. The second kappa shape index (κ2) is 6.07. The smallest absolute Gasteiger partial charge is 0.262 e. The Bertz CT molecular complexity index is 784. The van der Waals surface area contributed by atoms with Gasteiger partial charge in [0.1, 0.15) is 11.5 Å². The zero-order valence-corrected chi connectivity index (χ0v) is 12.8. The number of hydrogen-bond donors (Lipinski definition) is 0. The lowest BCUT2D eigenvalue weighted by Gasteiger charge is -2.04. The van der Waals surface area contributed by atoms with Gasteiger partial charge >= 0.3 is 0 Å². The van der Waals surface area contributed by atoms with Crippen LogP contribution < -0.4 is 9.47 Å². The summed E-state index contributed by atoms with van der Waals surface area (Å²) in [5.41, 5.74) is 1.49. The van der Waals surface area contributed by atoms with Gasteiger partial charge in [-0.1, -0.05) is 16.8 Å². The molecule has 3 aromatic rings. The van der Waals surface area contributed by atoms with E-state index in [0.29, 0.717) is 28.1 Å². The number of methoxy groups -OCH3 is 2. The Kier molecular flexibility index (Phi) is 3.98. The van der Waals surface area contributed by atoms with Gasteiger partial charge in [0.15, 0.2) is 0 Å². The fourth-order valence-electron chi connectivity index (χ4n) is 2.04. The SMILES string of the molecule is COc1ccc(-c2noc(-c3cc(Cl)ccc3OC)n2)cc1. The molecule has 1 aromatic heterocycles. The molecule has 3 rings (SSSR count). The summed E-state index contributed by atoms with van der Waals surface area (Å²) in [5, 5.41) is 4.57. The van der Waals surface area contributed by atoms with Crippen LogP contribution in [0.2, 0.25) is 5.02 Å². The summed E-state index contributed by atoms with van der Waals surface area (Å²) >= 11 is 6.02. The van der Waals surface area contributed by atoms with Gasteiger partial charge in [-0.2, -0.15) is 4.98 Å². The van der Waals surface area contributed by atoms with E-state index in [1.54, 1.807) is 32.4 Å². The fraction of sp³-hybridized carbons (Fsp3) is 0.125. The summed E-state index contributed by atoms with van der Waals surface area (Å²) in [7, 11) is 3.19. The molecular formula is C16H13ClN2O3. The van der Waals surface area contributed by atoms with Crippen LogP contribution in [-0.2, 0) is 0 Å².